The predicted molar refractivity (Wildman–Crippen MR) is 122 cm³/mol. The van der Waals surface area contributed by atoms with E-state index < -0.39 is 0 Å². The number of carbonyl (C=O) groups excluding carboxylic acids is 1. The van der Waals surface area contributed by atoms with Crippen molar-refractivity contribution in [3.8, 4) is 22.7 Å². The third-order valence-corrected chi connectivity index (χ3v) is 6.88. The molecule has 1 N–H and O–H groups in total. The van der Waals surface area contributed by atoms with E-state index in [9.17, 15) is 9.18 Å². The van der Waals surface area contributed by atoms with Crippen LogP contribution in [0.5, 0.6) is 0 Å². The Labute approximate surface area is 188 Å². The van der Waals surface area contributed by atoms with E-state index in [4.69, 9.17) is 9.40 Å². The van der Waals surface area contributed by atoms with Gasteiger partial charge in [-0.3, -0.25) is 4.79 Å². The molecule has 0 radical (unpaired) electrons. The molecule has 2 aliphatic carbocycles. The predicted octanol–water partition coefficient (Wildman–Crippen LogP) is 6.52. The smallest absolute Gasteiger partial charge is 0.287 e. The van der Waals surface area contributed by atoms with Crippen LogP contribution in [0.2, 0.25) is 0 Å². The van der Waals surface area contributed by atoms with Gasteiger partial charge in [0.15, 0.2) is 11.5 Å². The van der Waals surface area contributed by atoms with Gasteiger partial charge in [-0.1, -0.05) is 38.5 Å². The summed E-state index contributed by atoms with van der Waals surface area (Å²) in [5, 5.41) is 3.13. The van der Waals surface area contributed by atoms with E-state index in [1.165, 1.54) is 37.8 Å². The van der Waals surface area contributed by atoms with E-state index in [-0.39, 0.29) is 17.8 Å². The van der Waals surface area contributed by atoms with E-state index in [1.54, 1.807) is 18.2 Å². The van der Waals surface area contributed by atoms with Crippen molar-refractivity contribution in [3.05, 3.63) is 54.3 Å². The maximum Gasteiger partial charge on any atom is 0.287 e. The molecule has 2 fully saturated rings. The van der Waals surface area contributed by atoms with Gasteiger partial charge in [-0.15, -0.1) is 0 Å². The fourth-order valence-electron chi connectivity index (χ4n) is 5.15. The normalized spacial score (nSPS) is 18.0. The molecule has 1 amide bonds. The molecular weight excluding hydrogens is 405 g/mol. The van der Waals surface area contributed by atoms with Gasteiger partial charge >= 0.3 is 0 Å². The topological polar surface area (TPSA) is 60.1 Å². The number of imidazole rings is 1. The largest absolute Gasteiger partial charge is 0.449 e. The maximum atomic E-state index is 13.5. The van der Waals surface area contributed by atoms with E-state index >= 15 is 0 Å². The van der Waals surface area contributed by atoms with Gasteiger partial charge in [0.05, 0.1) is 12.0 Å². The summed E-state index contributed by atoms with van der Waals surface area (Å²) < 4.78 is 21.8. The van der Waals surface area contributed by atoms with Crippen LogP contribution in [0, 0.1) is 5.82 Å². The lowest BCUT2D eigenvalue weighted by Crippen LogP contribution is -2.35. The molecule has 2 aliphatic rings. The molecule has 0 bridgehead atoms. The Bertz CT molecular complexity index is 1060. The van der Waals surface area contributed by atoms with Crippen LogP contribution in [0.3, 0.4) is 0 Å². The third kappa shape index (κ3) is 4.36. The molecule has 0 saturated heterocycles. The molecule has 168 valence electrons. The first-order valence-corrected chi connectivity index (χ1v) is 11.9. The zero-order valence-corrected chi connectivity index (χ0v) is 18.4. The Morgan fingerprint density at radius 1 is 0.938 bits per heavy atom. The number of amides is 1. The van der Waals surface area contributed by atoms with E-state index in [2.05, 4.69) is 9.88 Å². The molecule has 2 saturated carbocycles. The number of aromatic nitrogens is 2. The van der Waals surface area contributed by atoms with Crippen molar-refractivity contribution in [2.45, 2.75) is 76.3 Å². The average molecular weight is 436 g/mol. The van der Waals surface area contributed by atoms with Crippen LogP contribution in [0.25, 0.3) is 22.7 Å². The minimum absolute atomic E-state index is 0.157. The summed E-state index contributed by atoms with van der Waals surface area (Å²) in [5.41, 5.74) is 2.45. The molecule has 0 spiro atoms. The van der Waals surface area contributed by atoms with Crippen LogP contribution >= 0.6 is 0 Å². The zero-order chi connectivity index (χ0) is 21.9. The Hall–Kier alpha value is -2.89. The number of hydrogen-bond acceptors (Lipinski definition) is 3. The second kappa shape index (κ2) is 9.31. The van der Waals surface area contributed by atoms with Crippen LogP contribution in [-0.2, 0) is 0 Å². The number of furan rings is 1. The summed E-state index contributed by atoms with van der Waals surface area (Å²) in [5.74, 6) is 0.519. The first-order valence-electron chi connectivity index (χ1n) is 11.9. The molecule has 1 aromatic carbocycles. The Morgan fingerprint density at radius 3 is 2.34 bits per heavy atom. The highest BCUT2D eigenvalue weighted by Crippen LogP contribution is 2.38. The van der Waals surface area contributed by atoms with Gasteiger partial charge < -0.3 is 14.3 Å². The second-order valence-corrected chi connectivity index (χ2v) is 9.12. The maximum absolute atomic E-state index is 13.5. The van der Waals surface area contributed by atoms with Crippen molar-refractivity contribution in [2.75, 3.05) is 0 Å². The molecule has 0 unspecified atom stereocenters. The Morgan fingerprint density at radius 2 is 1.62 bits per heavy atom. The molecule has 5 nitrogen and oxygen atoms in total. The number of nitrogens with zero attached hydrogens (tertiary/aromatic N) is 2. The fourth-order valence-corrected chi connectivity index (χ4v) is 5.15. The molecule has 2 heterocycles. The number of carbonyl (C=O) groups is 1. The molecule has 3 aromatic rings. The van der Waals surface area contributed by atoms with Crippen molar-refractivity contribution >= 4 is 5.91 Å². The summed E-state index contributed by atoms with van der Waals surface area (Å²) >= 11 is 0. The summed E-state index contributed by atoms with van der Waals surface area (Å²) in [4.78, 5) is 17.5. The van der Waals surface area contributed by atoms with E-state index in [0.29, 0.717) is 17.6 Å². The molecule has 32 heavy (non-hydrogen) atoms. The van der Waals surface area contributed by atoms with E-state index in [1.807, 2.05) is 12.4 Å². The summed E-state index contributed by atoms with van der Waals surface area (Å²) in [6.45, 7) is 0. The SMILES string of the molecule is O=C(NC1CCCCC1)c1ccc(-c2c(-c3ccc(F)cc3)ncn2C2CCCCC2)o1. The highest BCUT2D eigenvalue weighted by Gasteiger charge is 2.26. The highest BCUT2D eigenvalue weighted by molar-refractivity contribution is 5.92. The average Bonchev–Trinajstić information content (AvgIpc) is 3.48. The third-order valence-electron chi connectivity index (χ3n) is 6.88. The lowest BCUT2D eigenvalue weighted by Gasteiger charge is -2.24. The molecule has 0 aliphatic heterocycles. The Kier molecular flexibility index (Phi) is 6.10. The monoisotopic (exact) mass is 435 g/mol. The molecular formula is C26H30FN3O2. The number of halogens is 1. The summed E-state index contributed by atoms with van der Waals surface area (Å²) in [7, 11) is 0. The number of hydrogen-bond donors (Lipinski definition) is 1. The van der Waals surface area contributed by atoms with Gasteiger partial charge in [0.1, 0.15) is 11.5 Å². The van der Waals surface area contributed by atoms with Crippen molar-refractivity contribution < 1.29 is 13.6 Å². The van der Waals surface area contributed by atoms with Crippen molar-refractivity contribution in [3.63, 3.8) is 0 Å². The van der Waals surface area contributed by atoms with E-state index in [0.717, 1.165) is 55.5 Å². The van der Waals surface area contributed by atoms with Gasteiger partial charge in [0, 0.05) is 17.6 Å². The van der Waals surface area contributed by atoms with Crippen LogP contribution in [-0.4, -0.2) is 21.5 Å². The van der Waals surface area contributed by atoms with Crippen molar-refractivity contribution in [1.82, 2.24) is 14.9 Å². The quantitative estimate of drug-likeness (QED) is 0.496. The lowest BCUT2D eigenvalue weighted by molar-refractivity contribution is 0.0900. The van der Waals surface area contributed by atoms with Crippen molar-refractivity contribution in [2.24, 2.45) is 0 Å². The van der Waals surface area contributed by atoms with Gasteiger partial charge in [-0.2, -0.15) is 0 Å². The standard InChI is InChI=1S/C26H30FN3O2/c27-19-13-11-18(12-14-19)24-25(30(17-28-24)21-9-5-2-6-10-21)22-15-16-23(32-22)26(31)29-20-7-3-1-4-8-20/h11-17,20-21H,1-10H2,(H,29,31). The molecule has 2 aromatic heterocycles. The summed E-state index contributed by atoms with van der Waals surface area (Å²) in [6.07, 6.45) is 13.4. The minimum atomic E-state index is -0.276. The number of rotatable bonds is 5. The molecule has 5 rings (SSSR count). The van der Waals surface area contributed by atoms with Gasteiger partial charge in [-0.25, -0.2) is 9.37 Å². The highest BCUT2D eigenvalue weighted by atomic mass is 19.1. The minimum Gasteiger partial charge on any atom is -0.449 e. The zero-order valence-electron chi connectivity index (χ0n) is 18.4. The van der Waals surface area contributed by atoms with Gasteiger partial charge in [0.2, 0.25) is 0 Å². The number of benzene rings is 1. The second-order valence-electron chi connectivity index (χ2n) is 9.12. The number of nitrogens with one attached hydrogen (secondary N) is 1. The van der Waals surface area contributed by atoms with Crippen molar-refractivity contribution in [1.29, 1.82) is 0 Å². The summed E-state index contributed by atoms with van der Waals surface area (Å²) in [6, 6.07) is 10.6. The van der Waals surface area contributed by atoms with Gasteiger partial charge in [-0.05, 0) is 62.1 Å². The van der Waals surface area contributed by atoms with Gasteiger partial charge in [0.25, 0.3) is 5.91 Å². The fraction of sp³-hybridized carbons (Fsp3) is 0.462. The van der Waals surface area contributed by atoms with Crippen LogP contribution in [0.15, 0.2) is 47.1 Å². The first kappa shape index (κ1) is 21.0. The molecule has 6 heteroatoms. The van der Waals surface area contributed by atoms with Crippen LogP contribution in [0.4, 0.5) is 4.39 Å². The Balaban J connectivity index is 1.48. The van der Waals surface area contributed by atoms with Crippen LogP contribution in [0.1, 0.15) is 80.8 Å². The molecule has 0 atom stereocenters. The lowest BCUT2D eigenvalue weighted by atomic mass is 9.95. The van der Waals surface area contributed by atoms with Crippen LogP contribution < -0.4 is 5.32 Å². The first-order chi connectivity index (χ1) is 15.7.